The molecule has 0 amide bonds. The second-order valence-electron chi connectivity index (χ2n) is 6.22. The number of halogens is 2. The van der Waals surface area contributed by atoms with E-state index in [1.165, 1.54) is 6.07 Å². The van der Waals surface area contributed by atoms with Gasteiger partial charge in [0.05, 0.1) is 12.1 Å². The lowest BCUT2D eigenvalue weighted by atomic mass is 10.1. The number of aliphatic hydroxyl groups is 2. The van der Waals surface area contributed by atoms with Gasteiger partial charge in [-0.3, -0.25) is 0 Å². The molecule has 3 aromatic rings. The lowest BCUT2D eigenvalue weighted by Crippen LogP contribution is -2.07. The molecule has 2 aromatic heterocycles. The van der Waals surface area contributed by atoms with E-state index in [9.17, 15) is 13.9 Å². The zero-order valence-electron chi connectivity index (χ0n) is 15.2. The van der Waals surface area contributed by atoms with E-state index in [1.54, 1.807) is 23.9 Å². The summed E-state index contributed by atoms with van der Waals surface area (Å²) in [5.41, 5.74) is 0.319. The molecule has 1 atom stereocenters. The Bertz CT molecular complexity index is 992. The second-order valence-corrected chi connectivity index (χ2v) is 6.22. The number of unbranched alkanes of at least 4 members (excludes halogenated alkanes) is 1. The van der Waals surface area contributed by atoms with Crippen LogP contribution in [0.5, 0.6) is 0 Å². The fourth-order valence-electron chi connectivity index (χ4n) is 2.71. The standard InChI is InChI=1S/C20H19F2N3O3/c1-13(27)20-23-6-7-25(20)12-15-11-18(28-24-15)19-16(21)9-14(10-17(19)22)5-3-2-4-8-26/h6-7,9-11,13,26-27H,2,4,8,12H2,1H3/t13-/m0/s1. The Balaban J connectivity index is 1.82. The molecule has 0 aliphatic rings. The van der Waals surface area contributed by atoms with Gasteiger partial charge in [0.2, 0.25) is 0 Å². The van der Waals surface area contributed by atoms with Crippen LogP contribution in [-0.4, -0.2) is 31.5 Å². The first-order chi connectivity index (χ1) is 13.5. The van der Waals surface area contributed by atoms with E-state index in [-0.39, 0.29) is 30.0 Å². The highest BCUT2D eigenvalue weighted by Crippen LogP contribution is 2.28. The van der Waals surface area contributed by atoms with Crippen molar-refractivity contribution in [2.24, 2.45) is 0 Å². The molecule has 3 rings (SSSR count). The number of aromatic nitrogens is 3. The van der Waals surface area contributed by atoms with Gasteiger partial charge >= 0.3 is 0 Å². The van der Waals surface area contributed by atoms with Crippen LogP contribution in [-0.2, 0) is 6.54 Å². The van der Waals surface area contributed by atoms with Crippen molar-refractivity contribution in [2.75, 3.05) is 6.61 Å². The van der Waals surface area contributed by atoms with Gasteiger partial charge in [-0.25, -0.2) is 13.8 Å². The van der Waals surface area contributed by atoms with E-state index >= 15 is 0 Å². The summed E-state index contributed by atoms with van der Waals surface area (Å²) in [6, 6.07) is 3.71. The summed E-state index contributed by atoms with van der Waals surface area (Å²) in [5, 5.41) is 22.3. The molecule has 0 aliphatic carbocycles. The van der Waals surface area contributed by atoms with Crippen LogP contribution in [0, 0.1) is 23.5 Å². The van der Waals surface area contributed by atoms with E-state index in [1.807, 2.05) is 0 Å². The SMILES string of the molecule is C[C@H](O)c1nccn1Cc1cc(-c2c(F)cc(C#CCCCO)cc2F)on1. The molecule has 0 bridgehead atoms. The van der Waals surface area contributed by atoms with Crippen LogP contribution in [0.25, 0.3) is 11.3 Å². The first-order valence-corrected chi connectivity index (χ1v) is 8.73. The summed E-state index contributed by atoms with van der Waals surface area (Å²) in [4.78, 5) is 4.06. The Hall–Kier alpha value is -3.02. The highest BCUT2D eigenvalue weighted by atomic mass is 19.1. The summed E-state index contributed by atoms with van der Waals surface area (Å²) in [5.74, 6) is 4.22. The molecule has 0 saturated heterocycles. The minimum Gasteiger partial charge on any atom is -0.396 e. The second kappa shape index (κ2) is 8.78. The van der Waals surface area contributed by atoms with Crippen molar-refractivity contribution in [3.8, 4) is 23.2 Å². The first-order valence-electron chi connectivity index (χ1n) is 8.73. The van der Waals surface area contributed by atoms with Gasteiger partial charge in [0, 0.05) is 37.1 Å². The maximum Gasteiger partial charge on any atom is 0.173 e. The van der Waals surface area contributed by atoms with Gasteiger partial charge in [0.25, 0.3) is 0 Å². The van der Waals surface area contributed by atoms with Crippen molar-refractivity contribution in [3.63, 3.8) is 0 Å². The number of nitrogens with zero attached hydrogens (tertiary/aromatic N) is 3. The highest BCUT2D eigenvalue weighted by Gasteiger charge is 2.18. The van der Waals surface area contributed by atoms with Crippen LogP contribution in [0.15, 0.2) is 35.1 Å². The third kappa shape index (κ3) is 4.44. The number of aliphatic hydroxyl groups excluding tert-OH is 2. The predicted molar refractivity (Wildman–Crippen MR) is 97.0 cm³/mol. The van der Waals surface area contributed by atoms with Crippen molar-refractivity contribution in [2.45, 2.75) is 32.4 Å². The van der Waals surface area contributed by atoms with Crippen molar-refractivity contribution < 1.29 is 23.5 Å². The Morgan fingerprint density at radius 3 is 2.68 bits per heavy atom. The normalized spacial score (nSPS) is 11.9. The fraction of sp³-hybridized carbons (Fsp3) is 0.300. The van der Waals surface area contributed by atoms with Gasteiger partial charge in [-0.1, -0.05) is 17.0 Å². The zero-order chi connectivity index (χ0) is 20.1. The van der Waals surface area contributed by atoms with E-state index < -0.39 is 17.7 Å². The van der Waals surface area contributed by atoms with Gasteiger partial charge in [-0.05, 0) is 25.5 Å². The average molecular weight is 387 g/mol. The summed E-state index contributed by atoms with van der Waals surface area (Å²) >= 11 is 0. The van der Waals surface area contributed by atoms with Gasteiger partial charge < -0.3 is 19.3 Å². The van der Waals surface area contributed by atoms with Crippen LogP contribution in [0.3, 0.4) is 0 Å². The van der Waals surface area contributed by atoms with Crippen molar-refractivity contribution >= 4 is 0 Å². The predicted octanol–water partition coefficient (Wildman–Crippen LogP) is 3.04. The minimum atomic E-state index is -0.804. The molecule has 28 heavy (non-hydrogen) atoms. The molecule has 0 spiro atoms. The molecule has 1 aromatic carbocycles. The monoisotopic (exact) mass is 387 g/mol. The Labute approximate surface area is 160 Å². The molecule has 0 saturated carbocycles. The summed E-state index contributed by atoms with van der Waals surface area (Å²) in [6.07, 6.45) is 3.40. The molecule has 0 aliphatic heterocycles. The Morgan fingerprint density at radius 2 is 2.00 bits per heavy atom. The minimum absolute atomic E-state index is 0.0158. The molecule has 146 valence electrons. The molecule has 2 heterocycles. The maximum absolute atomic E-state index is 14.4. The van der Waals surface area contributed by atoms with Crippen molar-refractivity contribution in [3.05, 3.63) is 59.3 Å². The molecule has 2 N–H and O–H groups in total. The third-order valence-electron chi connectivity index (χ3n) is 3.99. The number of benzene rings is 1. The first kappa shape index (κ1) is 19.7. The molecular formula is C20H19F2N3O3. The van der Waals surface area contributed by atoms with Crippen LogP contribution in [0.4, 0.5) is 8.78 Å². The lowest BCUT2D eigenvalue weighted by Gasteiger charge is -2.07. The number of rotatable bonds is 6. The largest absolute Gasteiger partial charge is 0.396 e. The smallest absolute Gasteiger partial charge is 0.173 e. The van der Waals surface area contributed by atoms with Crippen molar-refractivity contribution in [1.82, 2.24) is 14.7 Å². The molecule has 0 unspecified atom stereocenters. The number of hydrogen-bond acceptors (Lipinski definition) is 5. The topological polar surface area (TPSA) is 84.3 Å². The molecule has 6 nitrogen and oxygen atoms in total. The Kier molecular flexibility index (Phi) is 6.19. The van der Waals surface area contributed by atoms with Gasteiger partial charge in [0.15, 0.2) is 5.76 Å². The van der Waals surface area contributed by atoms with Crippen molar-refractivity contribution in [1.29, 1.82) is 0 Å². The van der Waals surface area contributed by atoms with Gasteiger partial charge in [-0.2, -0.15) is 0 Å². The molecule has 0 radical (unpaired) electrons. The maximum atomic E-state index is 14.4. The molecule has 0 fully saturated rings. The van der Waals surface area contributed by atoms with E-state index in [0.29, 0.717) is 24.4 Å². The average Bonchev–Trinajstić information content (AvgIpc) is 3.28. The number of imidazole rings is 1. The quantitative estimate of drug-likeness (QED) is 0.502. The molecule has 8 heteroatoms. The van der Waals surface area contributed by atoms with Crippen LogP contribution in [0.2, 0.25) is 0 Å². The third-order valence-corrected chi connectivity index (χ3v) is 3.99. The molecular weight excluding hydrogens is 368 g/mol. The zero-order valence-corrected chi connectivity index (χ0v) is 15.2. The van der Waals surface area contributed by atoms with Gasteiger partial charge in [-0.15, -0.1) is 0 Å². The Morgan fingerprint density at radius 1 is 1.25 bits per heavy atom. The van der Waals surface area contributed by atoms with E-state index in [0.717, 1.165) is 12.1 Å². The van der Waals surface area contributed by atoms with Crippen LogP contribution < -0.4 is 0 Å². The van der Waals surface area contributed by atoms with Crippen LogP contribution >= 0.6 is 0 Å². The lowest BCUT2D eigenvalue weighted by molar-refractivity contribution is 0.184. The van der Waals surface area contributed by atoms with E-state index in [4.69, 9.17) is 9.63 Å². The number of hydrogen-bond donors (Lipinski definition) is 2. The fourth-order valence-corrected chi connectivity index (χ4v) is 2.71. The van der Waals surface area contributed by atoms with Crippen LogP contribution in [0.1, 0.15) is 43.0 Å². The summed E-state index contributed by atoms with van der Waals surface area (Å²) < 4.78 is 35.7. The summed E-state index contributed by atoms with van der Waals surface area (Å²) in [6.45, 7) is 1.84. The van der Waals surface area contributed by atoms with E-state index in [2.05, 4.69) is 22.0 Å². The van der Waals surface area contributed by atoms with Gasteiger partial charge in [0.1, 0.15) is 29.3 Å². The highest BCUT2D eigenvalue weighted by molar-refractivity contribution is 5.61. The summed E-state index contributed by atoms with van der Waals surface area (Å²) in [7, 11) is 0.